The van der Waals surface area contributed by atoms with E-state index in [-0.39, 0.29) is 50.2 Å². The van der Waals surface area contributed by atoms with Crippen LogP contribution in [0.4, 0.5) is 0 Å². The van der Waals surface area contributed by atoms with Crippen LogP contribution in [0.15, 0.2) is 49.1 Å². The zero-order chi connectivity index (χ0) is 75.0. The summed E-state index contributed by atoms with van der Waals surface area (Å²) in [5, 5.41) is 87.6. The van der Waals surface area contributed by atoms with Crippen molar-refractivity contribution in [2.24, 2.45) is 5.92 Å². The van der Waals surface area contributed by atoms with E-state index in [1.54, 1.807) is 32.1 Å². The molecule has 14 fully saturated rings. The van der Waals surface area contributed by atoms with Crippen molar-refractivity contribution in [3.8, 4) is 0 Å². The highest BCUT2D eigenvalue weighted by Gasteiger charge is 2.68. The summed E-state index contributed by atoms with van der Waals surface area (Å²) >= 11 is 0. The van der Waals surface area contributed by atoms with E-state index in [0.717, 1.165) is 5.57 Å². The molecule has 0 aliphatic carbocycles. The Bertz CT molecular complexity index is 3390. The highest BCUT2D eigenvalue weighted by Crippen LogP contribution is 2.56. The van der Waals surface area contributed by atoms with E-state index in [1.807, 2.05) is 6.92 Å². The minimum Gasteiger partial charge on any atom is -0.394 e. The molecule has 0 radical (unpaired) electrons. The van der Waals surface area contributed by atoms with E-state index in [0.29, 0.717) is 63.4 Å². The fourth-order valence-electron chi connectivity index (χ4n) is 19.2. The van der Waals surface area contributed by atoms with Crippen molar-refractivity contribution in [1.29, 1.82) is 0 Å². The smallest absolute Gasteiger partial charge is 0.394 e. The summed E-state index contributed by atoms with van der Waals surface area (Å²) in [6, 6.07) is 0. The molecule has 38 atom stereocenters. The van der Waals surface area contributed by atoms with Crippen LogP contribution in [-0.2, 0) is 110 Å². The lowest BCUT2D eigenvalue weighted by Gasteiger charge is -2.60. The van der Waals surface area contributed by atoms with Crippen LogP contribution in [0.5, 0.6) is 0 Å². The molecule has 14 rings (SSSR count). The Hall–Kier alpha value is -2.30. The first-order valence-corrected chi connectivity index (χ1v) is 39.7. The average Bonchev–Trinajstić information content (AvgIpc) is 1.68. The predicted molar refractivity (Wildman–Crippen MR) is 356 cm³/mol. The molecule has 14 heterocycles. The Morgan fingerprint density at radius 1 is 0.610 bits per heavy atom. The van der Waals surface area contributed by atoms with E-state index in [4.69, 9.17) is 89.3 Å². The van der Waals surface area contributed by atoms with E-state index in [2.05, 4.69) is 44.7 Å². The minimum absolute atomic E-state index is 0.0208. The summed E-state index contributed by atoms with van der Waals surface area (Å²) in [7, 11) is -9.69. The van der Waals surface area contributed by atoms with Crippen molar-refractivity contribution in [3.05, 3.63) is 49.1 Å². The van der Waals surface area contributed by atoms with Crippen molar-refractivity contribution < 1.29 is 156 Å². The molecule has 0 saturated carbocycles. The highest BCUT2D eigenvalue weighted by atomic mass is 32.3. The molecule has 596 valence electrons. The Morgan fingerprint density at radius 2 is 1.15 bits per heavy atom. The SMILES string of the molecule is C=CCC(=C)/C=C/[C@@](C)(O)[C@H]1O[C@@H]2C[C@@H]3O[C@@H]4C[C@@H]5O[C@@H]6C[C@@H]7O[C@@H]8C[C@@H]9O[C@@H]%10C[C@@H]%11O[C@](C)(CCCOS(=O)(=O)O)[C@@H](OS(=O)(=O)O)C[C@H]%11O[C@H]%10C[C@H]9O[C@H]8CC[C@@]7(C)O[C@@]6(C)C[C@H](C)[C@H]5O[C@H]4[C@@H](O[C@H]4O[C@@H](CO[C@H]5O[C@@H](CO[C@H]6O[C@@H](CO)[C@H](O)[C@H]6O)[C@H](O)[C@H]5O)[C@H](O)[C@H]4O)[C@@]3(C)O[C@H]2CC1=C. The lowest BCUT2D eigenvalue weighted by Crippen LogP contribution is -2.74. The third-order valence-electron chi connectivity index (χ3n) is 24.7. The number of aliphatic hydroxyl groups is 8. The van der Waals surface area contributed by atoms with E-state index in [1.165, 1.54) is 0 Å². The number of hydrogen-bond acceptors (Lipinski definition) is 31. The number of ether oxygens (including phenoxy) is 17. The second-order valence-corrected chi connectivity index (χ2v) is 34.7. The summed E-state index contributed by atoms with van der Waals surface area (Å²) in [6.45, 7) is 21.7. The number of rotatable bonds is 21. The van der Waals surface area contributed by atoms with Gasteiger partial charge in [-0.15, -0.1) is 6.58 Å². The minimum atomic E-state index is -4.96. The molecule has 0 amide bonds. The topological polar surface area (TPSA) is 446 Å². The first kappa shape index (κ1) is 79.3. The molecule has 14 aliphatic rings. The molecule has 0 bridgehead atoms. The zero-order valence-electron chi connectivity index (χ0n) is 59.8. The first-order valence-electron chi connectivity index (χ1n) is 36.9. The maximum atomic E-state index is 12.1. The second kappa shape index (κ2) is 30.2. The molecule has 0 aromatic heterocycles. The lowest BCUT2D eigenvalue weighted by atomic mass is 9.73. The normalized spacial score (nSPS) is 51.7. The Kier molecular flexibility index (Phi) is 22.8. The molecular formula is C70H106O33S2. The molecule has 35 heteroatoms. The molecule has 0 spiro atoms. The van der Waals surface area contributed by atoms with Gasteiger partial charge >= 0.3 is 20.8 Å². The van der Waals surface area contributed by atoms with Crippen molar-refractivity contribution in [2.45, 2.75) is 355 Å². The van der Waals surface area contributed by atoms with Gasteiger partial charge in [-0.25, -0.2) is 8.37 Å². The summed E-state index contributed by atoms with van der Waals surface area (Å²) in [6.07, 6.45) is -20.0. The van der Waals surface area contributed by atoms with Crippen LogP contribution in [0.25, 0.3) is 0 Å². The Balaban J connectivity index is 0.660. The molecule has 14 saturated heterocycles. The molecule has 0 aromatic rings. The second-order valence-electron chi connectivity index (χ2n) is 32.6. The van der Waals surface area contributed by atoms with E-state index >= 15 is 0 Å². The van der Waals surface area contributed by atoms with Crippen LogP contribution >= 0.6 is 0 Å². The molecular weight excluding hydrogens is 1430 g/mol. The summed E-state index contributed by atoms with van der Waals surface area (Å²) in [5.74, 6) is -0.208. The summed E-state index contributed by atoms with van der Waals surface area (Å²) in [4.78, 5) is 0. The maximum Gasteiger partial charge on any atom is 0.397 e. The highest BCUT2D eigenvalue weighted by molar-refractivity contribution is 7.81. The van der Waals surface area contributed by atoms with Crippen LogP contribution in [0.2, 0.25) is 0 Å². The standard InChI is InChI=1S/C70H106O33S2/c1-10-12-31(2)13-16-66(5,78)61-32(3)19-42-41(94-61)25-52-70(9,101-42)62(99-65-58(77)55(74)48(97-65)30-86-64-57(76)54(73)47(96-64)29-85-63-56(75)53(72)46(28-71)95-63)60-45(93-52)23-44-59(98-60)33(4)27-69(8)50(92-44)26-49-68(7,103-69)17-14-34-35(91-49)20-37-36(88-34)21-38-39(89-37)22-43-40(90-38)24-51(102-105(82,83)84)67(6,100-43)15-11-18-87-104(79,80)81/h10,13,16,33-65,71-78H,1-3,11-12,14-15,17-30H2,4-9H3,(H,79,80,81)(H,82,83,84)/b16-13+/t33-,34-,35+,36+,37-,38-,39+,40+,41+,42-,43-,44-,45+,46-,47-,48-,49-,50+,51-,52-,53-,54-,55-,56+,57+,58+,59+,60+,61-,62+,63-,64-,65+,66+,67+,68+,69-,70-/m0/s1. The average molecular weight is 1540 g/mol. The van der Waals surface area contributed by atoms with Crippen LogP contribution in [0.1, 0.15) is 131 Å². The van der Waals surface area contributed by atoms with Gasteiger partial charge in [0.25, 0.3) is 0 Å². The van der Waals surface area contributed by atoms with E-state index in [9.17, 15) is 62.2 Å². The lowest BCUT2D eigenvalue weighted by molar-refractivity contribution is -0.382. The van der Waals surface area contributed by atoms with Crippen molar-refractivity contribution in [3.63, 3.8) is 0 Å². The number of fused-ring (bicyclic) bond motifs is 10. The van der Waals surface area contributed by atoms with Gasteiger partial charge in [0.05, 0.1) is 141 Å². The quantitative estimate of drug-likeness (QED) is 0.0323. The fourth-order valence-corrected chi connectivity index (χ4v) is 20.1. The van der Waals surface area contributed by atoms with Gasteiger partial charge in [0, 0.05) is 44.9 Å². The van der Waals surface area contributed by atoms with Crippen LogP contribution < -0.4 is 0 Å². The zero-order valence-corrected chi connectivity index (χ0v) is 61.4. The third kappa shape index (κ3) is 16.0. The van der Waals surface area contributed by atoms with Gasteiger partial charge in [-0.1, -0.05) is 43.9 Å². The Morgan fingerprint density at radius 3 is 1.78 bits per heavy atom. The van der Waals surface area contributed by atoms with Crippen molar-refractivity contribution in [1.82, 2.24) is 0 Å². The van der Waals surface area contributed by atoms with Gasteiger partial charge in [-0.05, 0) is 91.1 Å². The van der Waals surface area contributed by atoms with Crippen LogP contribution in [-0.4, -0.2) is 317 Å². The number of hydrogen-bond donors (Lipinski definition) is 10. The largest absolute Gasteiger partial charge is 0.397 e. The van der Waals surface area contributed by atoms with E-state index < -0.39 is 259 Å². The number of aliphatic hydroxyl groups excluding tert-OH is 7. The van der Waals surface area contributed by atoms with Gasteiger partial charge in [0.15, 0.2) is 18.9 Å². The molecule has 10 N–H and O–H groups in total. The molecule has 105 heavy (non-hydrogen) atoms. The van der Waals surface area contributed by atoms with Gasteiger partial charge in [-0.2, -0.15) is 16.8 Å². The maximum absolute atomic E-state index is 12.1. The van der Waals surface area contributed by atoms with Crippen molar-refractivity contribution >= 4 is 20.8 Å². The third-order valence-corrected chi connectivity index (χ3v) is 25.6. The molecule has 33 nitrogen and oxygen atoms in total. The van der Waals surface area contributed by atoms with Gasteiger partial charge in [0.1, 0.15) is 90.6 Å². The van der Waals surface area contributed by atoms with Gasteiger partial charge in [-0.3, -0.25) is 9.11 Å². The molecule has 0 unspecified atom stereocenters. The van der Waals surface area contributed by atoms with Gasteiger partial charge < -0.3 is 121 Å². The number of allylic oxidation sites excluding steroid dienone is 3. The molecule has 14 aliphatic heterocycles. The first-order chi connectivity index (χ1) is 49.4. The monoisotopic (exact) mass is 1540 g/mol. The molecule has 0 aromatic carbocycles. The Labute approximate surface area is 610 Å². The summed E-state index contributed by atoms with van der Waals surface area (Å²) in [5.41, 5.74) is -4.57. The summed E-state index contributed by atoms with van der Waals surface area (Å²) < 4.78 is 189. The van der Waals surface area contributed by atoms with Crippen LogP contribution in [0, 0.1) is 5.92 Å². The fraction of sp³-hybridized carbons (Fsp3) is 0.886. The predicted octanol–water partition coefficient (Wildman–Crippen LogP) is 0.450. The van der Waals surface area contributed by atoms with Gasteiger partial charge in [0.2, 0.25) is 0 Å². The van der Waals surface area contributed by atoms with Crippen molar-refractivity contribution in [2.75, 3.05) is 26.4 Å². The van der Waals surface area contributed by atoms with Crippen LogP contribution in [0.3, 0.4) is 0 Å².